The van der Waals surface area contributed by atoms with Gasteiger partial charge in [0.2, 0.25) is 11.6 Å². The number of carbonyl (C=O) groups is 1. The highest BCUT2D eigenvalue weighted by molar-refractivity contribution is 7.11. The topological polar surface area (TPSA) is 140 Å². The van der Waals surface area contributed by atoms with Crippen molar-refractivity contribution in [1.82, 2.24) is 30.7 Å². The summed E-state index contributed by atoms with van der Waals surface area (Å²) in [6.07, 6.45) is 2.49. The number of nitrogen functional groups attached to an aromatic ring is 1. The number of benzene rings is 1. The Bertz CT molecular complexity index is 1250. The second kappa shape index (κ2) is 7.99. The van der Waals surface area contributed by atoms with Crippen molar-refractivity contribution in [2.75, 3.05) is 17.2 Å². The standard InChI is InChI=1S/C19H17N9O2S/c20-17-18(25-30-24-17)28-15(11-27-8-7-12-4-1-2-6-14(12)27)16(22-26-28)19(29)23-21-10-13-5-3-9-31-13/h1-6,9-10H,7-8,11H2,(H2,20,24)(H,23,29)/b21-10+. The van der Waals surface area contributed by atoms with Crippen LogP contribution in [0.2, 0.25) is 0 Å². The molecular weight excluding hydrogens is 418 g/mol. The third-order valence-electron chi connectivity index (χ3n) is 4.90. The lowest BCUT2D eigenvalue weighted by molar-refractivity contribution is 0.0949. The van der Waals surface area contributed by atoms with Crippen LogP contribution in [0.25, 0.3) is 5.82 Å². The number of nitrogens with two attached hydrogens (primary N) is 1. The number of hydrazone groups is 1. The van der Waals surface area contributed by atoms with E-state index >= 15 is 0 Å². The molecule has 1 aliphatic heterocycles. The number of fused-ring (bicyclic) bond motifs is 1. The van der Waals surface area contributed by atoms with Crippen LogP contribution in [0, 0.1) is 0 Å². The molecule has 4 aromatic rings. The van der Waals surface area contributed by atoms with Crippen LogP contribution in [0.5, 0.6) is 0 Å². The summed E-state index contributed by atoms with van der Waals surface area (Å²) in [5.74, 6) is -0.261. The maximum absolute atomic E-state index is 12.8. The number of rotatable bonds is 6. The van der Waals surface area contributed by atoms with Gasteiger partial charge in [-0.15, -0.1) is 16.4 Å². The van der Waals surface area contributed by atoms with E-state index in [4.69, 9.17) is 10.4 Å². The SMILES string of the molecule is Nc1nonc1-n1nnc(C(=O)N/N=C/c2cccs2)c1CN1CCc2ccccc21. The number of anilines is 2. The van der Waals surface area contributed by atoms with Crippen LogP contribution in [0.3, 0.4) is 0 Å². The second-order valence-corrected chi connectivity index (χ2v) is 7.76. The fraction of sp³-hybridized carbons (Fsp3) is 0.158. The van der Waals surface area contributed by atoms with Crippen molar-refractivity contribution in [3.05, 3.63) is 63.6 Å². The van der Waals surface area contributed by atoms with Gasteiger partial charge in [0.05, 0.1) is 18.5 Å². The van der Waals surface area contributed by atoms with Gasteiger partial charge in [-0.1, -0.05) is 29.5 Å². The number of nitrogens with zero attached hydrogens (tertiary/aromatic N) is 7. The van der Waals surface area contributed by atoms with Gasteiger partial charge in [-0.05, 0) is 39.8 Å². The van der Waals surface area contributed by atoms with Crippen LogP contribution in [-0.4, -0.2) is 44.0 Å². The lowest BCUT2D eigenvalue weighted by Crippen LogP contribution is -2.26. The minimum atomic E-state index is -0.489. The second-order valence-electron chi connectivity index (χ2n) is 6.78. The van der Waals surface area contributed by atoms with E-state index in [9.17, 15) is 4.79 Å². The molecule has 3 aromatic heterocycles. The van der Waals surface area contributed by atoms with Crippen LogP contribution >= 0.6 is 11.3 Å². The number of amides is 1. The lowest BCUT2D eigenvalue weighted by Gasteiger charge is -2.19. The molecule has 4 heterocycles. The molecule has 156 valence electrons. The molecule has 1 aromatic carbocycles. The van der Waals surface area contributed by atoms with E-state index in [1.807, 2.05) is 35.7 Å². The maximum Gasteiger partial charge on any atom is 0.293 e. The lowest BCUT2D eigenvalue weighted by atomic mass is 10.2. The average Bonchev–Trinajstić information content (AvgIpc) is 3.56. The summed E-state index contributed by atoms with van der Waals surface area (Å²) < 4.78 is 6.09. The first kappa shape index (κ1) is 18.9. The predicted molar refractivity (Wildman–Crippen MR) is 114 cm³/mol. The Morgan fingerprint density at radius 2 is 2.19 bits per heavy atom. The van der Waals surface area contributed by atoms with Crippen molar-refractivity contribution in [2.24, 2.45) is 5.10 Å². The molecule has 0 unspecified atom stereocenters. The van der Waals surface area contributed by atoms with Gasteiger partial charge in [0, 0.05) is 17.1 Å². The summed E-state index contributed by atoms with van der Waals surface area (Å²) in [6, 6.07) is 11.9. The van der Waals surface area contributed by atoms with E-state index in [2.05, 4.69) is 42.1 Å². The average molecular weight is 435 g/mol. The fourth-order valence-electron chi connectivity index (χ4n) is 3.45. The van der Waals surface area contributed by atoms with Crippen molar-refractivity contribution < 1.29 is 9.42 Å². The number of aromatic nitrogens is 5. The summed E-state index contributed by atoms with van der Waals surface area (Å²) in [7, 11) is 0. The number of para-hydroxylation sites is 1. The van der Waals surface area contributed by atoms with Crippen molar-refractivity contribution in [1.29, 1.82) is 0 Å². The zero-order valence-corrected chi connectivity index (χ0v) is 17.0. The van der Waals surface area contributed by atoms with Crippen LogP contribution in [0.4, 0.5) is 11.5 Å². The third-order valence-corrected chi connectivity index (χ3v) is 5.71. The maximum atomic E-state index is 12.8. The first-order chi connectivity index (χ1) is 15.2. The minimum absolute atomic E-state index is 0.0515. The molecule has 1 amide bonds. The van der Waals surface area contributed by atoms with E-state index in [0.29, 0.717) is 12.2 Å². The molecule has 0 aliphatic carbocycles. The smallest absolute Gasteiger partial charge is 0.293 e. The molecule has 31 heavy (non-hydrogen) atoms. The first-order valence-electron chi connectivity index (χ1n) is 9.43. The molecule has 0 radical (unpaired) electrons. The van der Waals surface area contributed by atoms with Gasteiger partial charge in [-0.2, -0.15) is 9.78 Å². The zero-order valence-electron chi connectivity index (χ0n) is 16.2. The molecule has 12 heteroatoms. The van der Waals surface area contributed by atoms with Crippen LogP contribution in [-0.2, 0) is 13.0 Å². The van der Waals surface area contributed by atoms with Gasteiger partial charge in [0.1, 0.15) is 0 Å². The van der Waals surface area contributed by atoms with Crippen molar-refractivity contribution in [3.8, 4) is 5.82 Å². The van der Waals surface area contributed by atoms with Gasteiger partial charge in [0.15, 0.2) is 5.69 Å². The Hall–Kier alpha value is -4.06. The number of hydrogen-bond acceptors (Lipinski definition) is 10. The van der Waals surface area contributed by atoms with Gasteiger partial charge in [-0.3, -0.25) is 4.79 Å². The third kappa shape index (κ3) is 3.64. The summed E-state index contributed by atoms with van der Waals surface area (Å²) in [5, 5.41) is 21.5. The summed E-state index contributed by atoms with van der Waals surface area (Å²) in [4.78, 5) is 15.9. The van der Waals surface area contributed by atoms with Crippen LogP contribution in [0.15, 0.2) is 51.5 Å². The zero-order chi connectivity index (χ0) is 21.2. The number of nitrogens with one attached hydrogen (secondary N) is 1. The molecule has 0 atom stereocenters. The van der Waals surface area contributed by atoms with Crippen LogP contribution in [0.1, 0.15) is 26.6 Å². The van der Waals surface area contributed by atoms with Crippen LogP contribution < -0.4 is 16.1 Å². The Balaban J connectivity index is 1.46. The van der Waals surface area contributed by atoms with Crippen molar-refractivity contribution in [3.63, 3.8) is 0 Å². The first-order valence-corrected chi connectivity index (χ1v) is 10.3. The van der Waals surface area contributed by atoms with E-state index < -0.39 is 5.91 Å². The largest absolute Gasteiger partial charge is 0.378 e. The number of hydrogen-bond donors (Lipinski definition) is 2. The van der Waals surface area contributed by atoms with Crippen molar-refractivity contribution in [2.45, 2.75) is 13.0 Å². The Morgan fingerprint density at radius 1 is 1.29 bits per heavy atom. The van der Waals surface area contributed by atoms with E-state index in [-0.39, 0.29) is 17.3 Å². The highest BCUT2D eigenvalue weighted by Gasteiger charge is 2.27. The van der Waals surface area contributed by atoms with E-state index in [1.165, 1.54) is 21.6 Å². The molecule has 0 saturated carbocycles. The Morgan fingerprint density at radius 3 is 3.00 bits per heavy atom. The Labute approximate surface area is 180 Å². The fourth-order valence-corrected chi connectivity index (χ4v) is 4.04. The minimum Gasteiger partial charge on any atom is -0.378 e. The van der Waals surface area contributed by atoms with Crippen molar-refractivity contribution >= 4 is 35.0 Å². The quantitative estimate of drug-likeness (QED) is 0.344. The van der Waals surface area contributed by atoms with E-state index in [1.54, 1.807) is 6.21 Å². The van der Waals surface area contributed by atoms with Gasteiger partial charge < -0.3 is 10.6 Å². The number of carbonyl (C=O) groups excluding carboxylic acids is 1. The molecule has 11 nitrogen and oxygen atoms in total. The molecule has 0 fully saturated rings. The molecular formula is C19H17N9O2S. The molecule has 0 spiro atoms. The monoisotopic (exact) mass is 435 g/mol. The molecule has 0 saturated heterocycles. The molecule has 0 bridgehead atoms. The van der Waals surface area contributed by atoms with Gasteiger partial charge in [0.25, 0.3) is 5.91 Å². The molecule has 5 rings (SSSR count). The van der Waals surface area contributed by atoms with E-state index in [0.717, 1.165) is 23.5 Å². The number of thiophene rings is 1. The summed E-state index contributed by atoms with van der Waals surface area (Å²) in [5.41, 5.74) is 11.3. The predicted octanol–water partition coefficient (Wildman–Crippen LogP) is 1.62. The highest BCUT2D eigenvalue weighted by atomic mass is 32.1. The van der Waals surface area contributed by atoms with Gasteiger partial charge >= 0.3 is 0 Å². The molecule has 3 N–H and O–H groups in total. The normalized spacial score (nSPS) is 13.1. The summed E-state index contributed by atoms with van der Waals surface area (Å²) in [6.45, 7) is 1.17. The molecule has 1 aliphatic rings. The highest BCUT2D eigenvalue weighted by Crippen LogP contribution is 2.30. The summed E-state index contributed by atoms with van der Waals surface area (Å²) >= 11 is 1.51. The van der Waals surface area contributed by atoms with Gasteiger partial charge in [-0.25, -0.2) is 10.1 Å². The Kier molecular flexibility index (Phi) is 4.88.